The van der Waals surface area contributed by atoms with Crippen LogP contribution in [0.25, 0.3) is 10.8 Å². The summed E-state index contributed by atoms with van der Waals surface area (Å²) in [5.74, 6) is -0.00356. The fourth-order valence-corrected chi connectivity index (χ4v) is 2.68. The Kier molecular flexibility index (Phi) is 2.68. The van der Waals surface area contributed by atoms with Crippen LogP contribution in [0.4, 0.5) is 0 Å². The first kappa shape index (κ1) is 11.1. The molecule has 0 saturated carbocycles. The highest BCUT2D eigenvalue weighted by Gasteiger charge is 2.14. The minimum absolute atomic E-state index is 0.00356. The molecule has 3 aromatic rings. The summed E-state index contributed by atoms with van der Waals surface area (Å²) in [6, 6.07) is 11.7. The third-order valence-electron chi connectivity index (χ3n) is 2.88. The summed E-state index contributed by atoms with van der Waals surface area (Å²) in [5.41, 5.74) is 1.26. The Hall–Kier alpha value is -2.00. The van der Waals surface area contributed by atoms with Gasteiger partial charge < -0.3 is 0 Å². The third-order valence-corrected chi connectivity index (χ3v) is 3.74. The predicted molar refractivity (Wildman–Crippen MR) is 74.2 cm³/mol. The van der Waals surface area contributed by atoms with Crippen molar-refractivity contribution in [2.45, 2.75) is 6.92 Å². The molecule has 3 heteroatoms. The van der Waals surface area contributed by atoms with Gasteiger partial charge in [0.05, 0.1) is 0 Å². The van der Waals surface area contributed by atoms with E-state index in [4.69, 9.17) is 0 Å². The van der Waals surface area contributed by atoms with Crippen LogP contribution in [0.15, 0.2) is 48.0 Å². The molecule has 0 saturated heterocycles. The number of rotatable bonds is 2. The van der Waals surface area contributed by atoms with E-state index in [-0.39, 0.29) is 5.78 Å². The summed E-state index contributed by atoms with van der Waals surface area (Å²) in [7, 11) is 0. The van der Waals surface area contributed by atoms with Crippen molar-refractivity contribution in [2.75, 3.05) is 0 Å². The van der Waals surface area contributed by atoms with Crippen molar-refractivity contribution < 1.29 is 4.79 Å². The summed E-state index contributed by atoms with van der Waals surface area (Å²) < 4.78 is 0. The van der Waals surface area contributed by atoms with Gasteiger partial charge >= 0.3 is 0 Å². The van der Waals surface area contributed by atoms with Crippen LogP contribution in [0.1, 0.15) is 20.9 Å². The van der Waals surface area contributed by atoms with Gasteiger partial charge in [-0.05, 0) is 24.4 Å². The average molecular weight is 253 g/mol. The molecule has 0 aliphatic heterocycles. The van der Waals surface area contributed by atoms with Crippen LogP contribution in [0.5, 0.6) is 0 Å². The van der Waals surface area contributed by atoms with Gasteiger partial charge in [-0.2, -0.15) is 0 Å². The van der Waals surface area contributed by atoms with Gasteiger partial charge in [-0.3, -0.25) is 9.78 Å². The first-order chi connectivity index (χ1) is 8.75. The molecule has 2 heterocycles. The number of thiophene rings is 1. The monoisotopic (exact) mass is 253 g/mol. The molecule has 0 unspecified atom stereocenters. The second-order valence-electron chi connectivity index (χ2n) is 4.16. The topological polar surface area (TPSA) is 30.0 Å². The molecule has 0 aliphatic rings. The molecule has 0 aliphatic carbocycles. The molecule has 0 fully saturated rings. The Balaban J connectivity index is 2.17. The van der Waals surface area contributed by atoms with Gasteiger partial charge in [0, 0.05) is 27.4 Å². The highest BCUT2D eigenvalue weighted by molar-refractivity contribution is 7.10. The van der Waals surface area contributed by atoms with E-state index in [1.165, 1.54) is 0 Å². The lowest BCUT2D eigenvalue weighted by molar-refractivity contribution is 0.103. The number of aryl methyl sites for hydroxylation is 1. The van der Waals surface area contributed by atoms with Crippen molar-refractivity contribution in [3.63, 3.8) is 0 Å². The van der Waals surface area contributed by atoms with Gasteiger partial charge in [0.15, 0.2) is 0 Å². The van der Waals surface area contributed by atoms with Crippen molar-refractivity contribution in [2.24, 2.45) is 0 Å². The van der Waals surface area contributed by atoms with Crippen LogP contribution >= 0.6 is 11.3 Å². The number of nitrogens with zero attached hydrogens (tertiary/aromatic N) is 1. The maximum atomic E-state index is 12.4. The molecule has 3 rings (SSSR count). The maximum absolute atomic E-state index is 12.4. The molecular formula is C15H11NOS. The second-order valence-corrected chi connectivity index (χ2v) is 5.27. The van der Waals surface area contributed by atoms with Crippen molar-refractivity contribution in [1.82, 2.24) is 4.98 Å². The average Bonchev–Trinajstić information content (AvgIpc) is 2.84. The van der Waals surface area contributed by atoms with Crippen LogP contribution in [0.2, 0.25) is 0 Å². The zero-order valence-electron chi connectivity index (χ0n) is 9.88. The van der Waals surface area contributed by atoms with Crippen molar-refractivity contribution in [1.29, 1.82) is 0 Å². The summed E-state index contributed by atoms with van der Waals surface area (Å²) in [4.78, 5) is 17.8. The number of benzene rings is 1. The van der Waals surface area contributed by atoms with Crippen LogP contribution in [0.3, 0.4) is 0 Å². The van der Waals surface area contributed by atoms with E-state index in [0.717, 1.165) is 21.2 Å². The van der Waals surface area contributed by atoms with Crippen LogP contribution in [-0.2, 0) is 0 Å². The fraction of sp³-hybridized carbons (Fsp3) is 0.0667. The quantitative estimate of drug-likeness (QED) is 0.649. The zero-order chi connectivity index (χ0) is 12.5. The maximum Gasteiger partial charge on any atom is 0.212 e. The lowest BCUT2D eigenvalue weighted by Crippen LogP contribution is -2.03. The molecule has 0 spiro atoms. The van der Waals surface area contributed by atoms with Gasteiger partial charge in [0.25, 0.3) is 0 Å². The third kappa shape index (κ3) is 1.83. The number of aromatic nitrogens is 1. The first-order valence-corrected chi connectivity index (χ1v) is 6.57. The number of hydrogen-bond donors (Lipinski definition) is 0. The molecule has 0 atom stereocenters. The summed E-state index contributed by atoms with van der Waals surface area (Å²) in [6.07, 6.45) is 1.69. The largest absolute Gasteiger partial charge is 0.287 e. The first-order valence-electron chi connectivity index (χ1n) is 5.69. The zero-order valence-corrected chi connectivity index (χ0v) is 10.7. The van der Waals surface area contributed by atoms with E-state index >= 15 is 0 Å². The normalized spacial score (nSPS) is 10.7. The second kappa shape index (κ2) is 4.35. The SMILES string of the molecule is Cc1cc(C(=O)c2nccc3ccccc23)cs1. The minimum Gasteiger partial charge on any atom is -0.287 e. The molecule has 0 bridgehead atoms. The molecule has 18 heavy (non-hydrogen) atoms. The molecule has 88 valence electrons. The van der Waals surface area contributed by atoms with Crippen LogP contribution in [0, 0.1) is 6.92 Å². The molecule has 0 amide bonds. The van der Waals surface area contributed by atoms with Crippen molar-refractivity contribution in [3.8, 4) is 0 Å². The Bertz CT molecular complexity index is 725. The Morgan fingerprint density at radius 3 is 2.83 bits per heavy atom. The number of hydrogen-bond acceptors (Lipinski definition) is 3. The molecular weight excluding hydrogens is 242 g/mol. The van der Waals surface area contributed by atoms with Crippen molar-refractivity contribution in [3.05, 3.63) is 64.1 Å². The van der Waals surface area contributed by atoms with E-state index < -0.39 is 0 Å². The summed E-state index contributed by atoms with van der Waals surface area (Å²) in [5, 5.41) is 3.85. The standard InChI is InChI=1S/C15H11NOS/c1-10-8-12(9-18-10)15(17)14-13-5-3-2-4-11(13)6-7-16-14/h2-9H,1H3. The van der Waals surface area contributed by atoms with E-state index in [2.05, 4.69) is 4.98 Å². The van der Waals surface area contributed by atoms with Gasteiger partial charge in [-0.1, -0.05) is 24.3 Å². The van der Waals surface area contributed by atoms with E-state index in [9.17, 15) is 4.79 Å². The Morgan fingerprint density at radius 1 is 1.22 bits per heavy atom. The highest BCUT2D eigenvalue weighted by atomic mass is 32.1. The van der Waals surface area contributed by atoms with E-state index in [1.807, 2.05) is 48.7 Å². The fourth-order valence-electron chi connectivity index (χ4n) is 2.00. The molecule has 1 aromatic carbocycles. The number of pyridine rings is 1. The number of carbonyl (C=O) groups is 1. The van der Waals surface area contributed by atoms with Crippen LogP contribution in [-0.4, -0.2) is 10.8 Å². The van der Waals surface area contributed by atoms with E-state index in [1.54, 1.807) is 17.5 Å². The molecule has 2 nitrogen and oxygen atoms in total. The Morgan fingerprint density at radius 2 is 2.06 bits per heavy atom. The van der Waals surface area contributed by atoms with Gasteiger partial charge in [0.2, 0.25) is 5.78 Å². The summed E-state index contributed by atoms with van der Waals surface area (Å²) >= 11 is 1.58. The number of fused-ring (bicyclic) bond motifs is 1. The van der Waals surface area contributed by atoms with E-state index in [0.29, 0.717) is 5.69 Å². The smallest absolute Gasteiger partial charge is 0.212 e. The molecule has 0 N–H and O–H groups in total. The van der Waals surface area contributed by atoms with Crippen molar-refractivity contribution >= 4 is 27.9 Å². The minimum atomic E-state index is -0.00356. The summed E-state index contributed by atoms with van der Waals surface area (Å²) in [6.45, 7) is 2.00. The number of ketones is 1. The number of carbonyl (C=O) groups excluding carboxylic acids is 1. The lowest BCUT2D eigenvalue weighted by Gasteiger charge is -2.03. The van der Waals surface area contributed by atoms with Gasteiger partial charge in [0.1, 0.15) is 5.69 Å². The highest BCUT2D eigenvalue weighted by Crippen LogP contribution is 2.21. The molecule has 0 radical (unpaired) electrons. The van der Waals surface area contributed by atoms with Gasteiger partial charge in [-0.25, -0.2) is 0 Å². The van der Waals surface area contributed by atoms with Gasteiger partial charge in [-0.15, -0.1) is 11.3 Å². The molecule has 2 aromatic heterocycles. The lowest BCUT2D eigenvalue weighted by atomic mass is 10.0. The Labute approximate surface area is 109 Å². The predicted octanol–water partition coefficient (Wildman–Crippen LogP) is 3.84. The van der Waals surface area contributed by atoms with Crippen LogP contribution < -0.4 is 0 Å².